The molecule has 0 saturated heterocycles. The van der Waals surface area contributed by atoms with Crippen LogP contribution in [-0.2, 0) is 0 Å². The zero-order valence-corrected chi connectivity index (χ0v) is 12.4. The van der Waals surface area contributed by atoms with Gasteiger partial charge in [-0.25, -0.2) is 0 Å². The van der Waals surface area contributed by atoms with Crippen LogP contribution in [0.4, 0.5) is 0 Å². The SMILES string of the molecule is CC(CCCCCCCCCS)C(C)(C)N. The van der Waals surface area contributed by atoms with Crippen LogP contribution in [-0.4, -0.2) is 11.3 Å². The van der Waals surface area contributed by atoms with E-state index in [-0.39, 0.29) is 5.54 Å². The predicted octanol–water partition coefficient (Wildman–Crippen LogP) is 4.41. The molecule has 0 heterocycles. The molecule has 0 aliphatic carbocycles. The molecule has 0 rings (SSSR count). The second-order valence-corrected chi connectivity index (χ2v) is 6.16. The Morgan fingerprint density at radius 2 is 1.38 bits per heavy atom. The highest BCUT2D eigenvalue weighted by Crippen LogP contribution is 2.20. The number of hydrogen-bond donors (Lipinski definition) is 2. The van der Waals surface area contributed by atoms with Crippen molar-refractivity contribution in [2.75, 3.05) is 5.75 Å². The van der Waals surface area contributed by atoms with E-state index in [0.717, 1.165) is 5.75 Å². The van der Waals surface area contributed by atoms with E-state index < -0.39 is 0 Å². The number of hydrogen-bond acceptors (Lipinski definition) is 2. The van der Waals surface area contributed by atoms with E-state index in [9.17, 15) is 0 Å². The first-order valence-electron chi connectivity index (χ1n) is 6.88. The Labute approximate surface area is 108 Å². The van der Waals surface area contributed by atoms with Gasteiger partial charge in [0.25, 0.3) is 0 Å². The normalized spacial score (nSPS) is 14.1. The lowest BCUT2D eigenvalue weighted by atomic mass is 9.86. The van der Waals surface area contributed by atoms with E-state index in [1.165, 1.54) is 51.4 Å². The Morgan fingerprint density at radius 1 is 0.938 bits per heavy atom. The van der Waals surface area contributed by atoms with Crippen LogP contribution in [0, 0.1) is 5.92 Å². The first kappa shape index (κ1) is 16.3. The summed E-state index contributed by atoms with van der Waals surface area (Å²) in [6.45, 7) is 6.54. The molecule has 2 heteroatoms. The van der Waals surface area contributed by atoms with E-state index in [4.69, 9.17) is 5.73 Å². The van der Waals surface area contributed by atoms with Crippen molar-refractivity contribution in [2.45, 2.75) is 77.7 Å². The molecular formula is C14H31NS. The molecule has 0 amide bonds. The lowest BCUT2D eigenvalue weighted by Crippen LogP contribution is -2.39. The number of thiol groups is 1. The van der Waals surface area contributed by atoms with Gasteiger partial charge in [-0.1, -0.05) is 45.4 Å². The summed E-state index contributed by atoms with van der Waals surface area (Å²) in [4.78, 5) is 0. The number of rotatable bonds is 10. The molecule has 0 radical (unpaired) electrons. The summed E-state index contributed by atoms with van der Waals surface area (Å²) >= 11 is 4.22. The standard InChI is InChI=1S/C14H31NS/c1-13(14(2,3)15)11-9-7-5-4-6-8-10-12-16/h13,16H,4-12,15H2,1-3H3. The molecule has 0 aliphatic heterocycles. The van der Waals surface area contributed by atoms with Crippen LogP contribution in [0.25, 0.3) is 0 Å². The molecule has 0 spiro atoms. The average Bonchev–Trinajstić information content (AvgIpc) is 2.20. The fourth-order valence-electron chi connectivity index (χ4n) is 1.82. The lowest BCUT2D eigenvalue weighted by molar-refractivity contribution is 0.316. The Morgan fingerprint density at radius 3 is 1.81 bits per heavy atom. The monoisotopic (exact) mass is 245 g/mol. The van der Waals surface area contributed by atoms with Gasteiger partial charge in [0.05, 0.1) is 0 Å². The van der Waals surface area contributed by atoms with Crippen molar-refractivity contribution >= 4 is 12.6 Å². The summed E-state index contributed by atoms with van der Waals surface area (Å²) in [5, 5.41) is 0. The second kappa shape index (κ2) is 9.35. The van der Waals surface area contributed by atoms with Crippen LogP contribution in [0.2, 0.25) is 0 Å². The third-order valence-corrected chi connectivity index (χ3v) is 3.88. The number of nitrogens with two attached hydrogens (primary N) is 1. The molecule has 16 heavy (non-hydrogen) atoms. The van der Waals surface area contributed by atoms with Gasteiger partial charge in [-0.2, -0.15) is 12.6 Å². The lowest BCUT2D eigenvalue weighted by Gasteiger charge is -2.27. The van der Waals surface area contributed by atoms with Gasteiger partial charge < -0.3 is 5.73 Å². The molecule has 0 aromatic heterocycles. The first-order valence-corrected chi connectivity index (χ1v) is 7.51. The summed E-state index contributed by atoms with van der Waals surface area (Å²) in [6.07, 6.45) is 10.8. The molecule has 0 fully saturated rings. The largest absolute Gasteiger partial charge is 0.325 e. The summed E-state index contributed by atoms with van der Waals surface area (Å²) in [5.41, 5.74) is 6.06. The molecule has 0 saturated carbocycles. The number of unbranched alkanes of at least 4 members (excludes halogenated alkanes) is 6. The molecule has 2 N–H and O–H groups in total. The molecule has 0 bridgehead atoms. The molecule has 1 atom stereocenters. The van der Waals surface area contributed by atoms with Gasteiger partial charge >= 0.3 is 0 Å². The van der Waals surface area contributed by atoms with E-state index in [1.54, 1.807) is 0 Å². The maximum absolute atomic E-state index is 6.07. The van der Waals surface area contributed by atoms with Crippen molar-refractivity contribution in [1.29, 1.82) is 0 Å². The quantitative estimate of drug-likeness (QED) is 0.433. The molecule has 0 aliphatic rings. The van der Waals surface area contributed by atoms with Gasteiger partial charge in [0.1, 0.15) is 0 Å². The van der Waals surface area contributed by atoms with Crippen molar-refractivity contribution in [2.24, 2.45) is 11.7 Å². The molecule has 0 aromatic carbocycles. The van der Waals surface area contributed by atoms with E-state index in [1.807, 2.05) is 0 Å². The summed E-state index contributed by atoms with van der Waals surface area (Å²) in [6, 6.07) is 0. The zero-order valence-electron chi connectivity index (χ0n) is 11.5. The fraction of sp³-hybridized carbons (Fsp3) is 1.00. The fourth-order valence-corrected chi connectivity index (χ4v) is 2.04. The zero-order chi connectivity index (χ0) is 12.4. The van der Waals surface area contributed by atoms with E-state index in [2.05, 4.69) is 33.4 Å². The summed E-state index contributed by atoms with van der Waals surface area (Å²) < 4.78 is 0. The maximum atomic E-state index is 6.07. The van der Waals surface area contributed by atoms with Gasteiger partial charge in [0.2, 0.25) is 0 Å². The third-order valence-electron chi connectivity index (χ3n) is 3.57. The van der Waals surface area contributed by atoms with E-state index in [0.29, 0.717) is 5.92 Å². The topological polar surface area (TPSA) is 26.0 Å². The van der Waals surface area contributed by atoms with Gasteiger partial charge in [0, 0.05) is 5.54 Å². The van der Waals surface area contributed by atoms with Crippen molar-refractivity contribution in [3.05, 3.63) is 0 Å². The molecule has 1 unspecified atom stereocenters. The van der Waals surface area contributed by atoms with Crippen molar-refractivity contribution < 1.29 is 0 Å². The molecule has 98 valence electrons. The first-order chi connectivity index (χ1) is 7.48. The van der Waals surface area contributed by atoms with Crippen LogP contribution >= 0.6 is 12.6 Å². The maximum Gasteiger partial charge on any atom is 0.0123 e. The smallest absolute Gasteiger partial charge is 0.0123 e. The van der Waals surface area contributed by atoms with Gasteiger partial charge in [-0.05, 0) is 38.4 Å². The van der Waals surface area contributed by atoms with Crippen LogP contribution in [0.15, 0.2) is 0 Å². The van der Waals surface area contributed by atoms with Crippen LogP contribution < -0.4 is 5.73 Å². The second-order valence-electron chi connectivity index (χ2n) is 5.71. The predicted molar refractivity (Wildman–Crippen MR) is 78.2 cm³/mol. The van der Waals surface area contributed by atoms with Crippen molar-refractivity contribution in [3.63, 3.8) is 0 Å². The average molecular weight is 245 g/mol. The Kier molecular flexibility index (Phi) is 9.53. The highest BCUT2D eigenvalue weighted by atomic mass is 32.1. The van der Waals surface area contributed by atoms with Gasteiger partial charge in [-0.15, -0.1) is 0 Å². The van der Waals surface area contributed by atoms with Crippen LogP contribution in [0.1, 0.15) is 72.1 Å². The minimum Gasteiger partial charge on any atom is -0.325 e. The van der Waals surface area contributed by atoms with Gasteiger partial charge in [-0.3, -0.25) is 0 Å². The van der Waals surface area contributed by atoms with Gasteiger partial charge in [0.15, 0.2) is 0 Å². The van der Waals surface area contributed by atoms with Crippen molar-refractivity contribution in [3.8, 4) is 0 Å². The molecular weight excluding hydrogens is 214 g/mol. The highest BCUT2D eigenvalue weighted by Gasteiger charge is 2.19. The summed E-state index contributed by atoms with van der Waals surface area (Å²) in [7, 11) is 0. The molecule has 1 nitrogen and oxygen atoms in total. The minimum atomic E-state index is -0.00737. The van der Waals surface area contributed by atoms with Crippen molar-refractivity contribution in [1.82, 2.24) is 0 Å². The van der Waals surface area contributed by atoms with Crippen LogP contribution in [0.3, 0.4) is 0 Å². The minimum absolute atomic E-state index is 0.00737. The highest BCUT2D eigenvalue weighted by molar-refractivity contribution is 7.80. The van der Waals surface area contributed by atoms with E-state index >= 15 is 0 Å². The Bertz CT molecular complexity index is 151. The third kappa shape index (κ3) is 9.53. The Hall–Kier alpha value is 0.310. The summed E-state index contributed by atoms with van der Waals surface area (Å²) in [5.74, 6) is 1.68. The molecule has 0 aromatic rings. The van der Waals surface area contributed by atoms with Crippen LogP contribution in [0.5, 0.6) is 0 Å². The Balaban J connectivity index is 3.21.